The van der Waals surface area contributed by atoms with E-state index in [9.17, 15) is 14.4 Å². The summed E-state index contributed by atoms with van der Waals surface area (Å²) < 4.78 is 6.53. The highest BCUT2D eigenvalue weighted by molar-refractivity contribution is 6.44. The number of pyridine rings is 1. The quantitative estimate of drug-likeness (QED) is 0.478. The third-order valence-electron chi connectivity index (χ3n) is 5.46. The minimum atomic E-state index is -0.449. The molecule has 2 aliphatic rings. The van der Waals surface area contributed by atoms with Gasteiger partial charge in [0.05, 0.1) is 5.52 Å². The molecule has 0 saturated heterocycles. The van der Waals surface area contributed by atoms with Crippen molar-refractivity contribution in [2.75, 3.05) is 6.54 Å². The third-order valence-corrected chi connectivity index (χ3v) is 5.46. The summed E-state index contributed by atoms with van der Waals surface area (Å²) in [4.78, 5) is 45.9. The zero-order valence-electron chi connectivity index (χ0n) is 20.2. The van der Waals surface area contributed by atoms with Crippen molar-refractivity contribution < 1.29 is 16.9 Å². The summed E-state index contributed by atoms with van der Waals surface area (Å²) in [6.45, 7) is 5.00. The number of nitrogens with zero attached hydrogens (tertiary/aromatic N) is 4. The molecular weight excluding hydrogens is 462 g/mol. The Morgan fingerprint density at radius 3 is 2.69 bits per heavy atom. The number of hydrazine groups is 1. The summed E-state index contributed by atoms with van der Waals surface area (Å²) in [5, 5.41) is 7.22. The molecule has 0 unspecified atom stereocenters. The summed E-state index contributed by atoms with van der Waals surface area (Å²) in [7, 11) is 1.62. The molecule has 5 rings (SSSR count). The van der Waals surface area contributed by atoms with Gasteiger partial charge in [-0.25, -0.2) is 15.2 Å². The van der Waals surface area contributed by atoms with Gasteiger partial charge >= 0.3 is 5.76 Å². The first-order valence-electron chi connectivity index (χ1n) is 11.6. The molecular formula is C25H31N7O4. The van der Waals surface area contributed by atoms with Gasteiger partial charge in [-0.2, -0.15) is 0 Å². The van der Waals surface area contributed by atoms with E-state index in [0.717, 1.165) is 11.1 Å². The minimum absolute atomic E-state index is 0. The second-order valence-corrected chi connectivity index (χ2v) is 7.74. The number of carbonyl (C=O) groups is 2. The van der Waals surface area contributed by atoms with Gasteiger partial charge in [-0.3, -0.25) is 24.1 Å². The van der Waals surface area contributed by atoms with Crippen molar-refractivity contribution in [3.8, 4) is 0 Å². The standard InChI is InChI=1S/C23H21N7O4.C2H6.2H2/c1-29-17-9-14(4-5-19(17)34-23(29)33)12-25-21(31)16-10-18(30-20(28-16)6-8-27-30)22(32)26-13-15-3-2-7-24-11-15;1-2;;/h2-7,9-11,27H,8,12-13H2,1H3,(H,25,31)(H,26,32);1-2H3;2*1H. The number of amides is 2. The highest BCUT2D eigenvalue weighted by Crippen LogP contribution is 2.21. The molecule has 0 fully saturated rings. The molecule has 190 valence electrons. The van der Waals surface area contributed by atoms with Crippen molar-refractivity contribution in [3.05, 3.63) is 88.1 Å². The number of oxazole rings is 1. The molecule has 36 heavy (non-hydrogen) atoms. The van der Waals surface area contributed by atoms with Crippen LogP contribution < -0.4 is 21.8 Å². The number of carbonyl (C=O) groups excluding carboxylic acids is 2. The molecule has 3 aromatic rings. The van der Waals surface area contributed by atoms with E-state index in [1.165, 1.54) is 10.6 Å². The molecule has 2 aliphatic heterocycles. The number of aryl methyl sites for hydroxylation is 1. The van der Waals surface area contributed by atoms with Crippen LogP contribution in [0.2, 0.25) is 0 Å². The lowest BCUT2D eigenvalue weighted by Gasteiger charge is -2.26. The van der Waals surface area contributed by atoms with Crippen LogP contribution in [-0.4, -0.2) is 38.6 Å². The predicted octanol–water partition coefficient (Wildman–Crippen LogP) is 1.98. The minimum Gasteiger partial charge on any atom is -0.408 e. The first kappa shape index (κ1) is 24.6. The molecule has 11 nitrogen and oxygen atoms in total. The fourth-order valence-corrected chi connectivity index (χ4v) is 3.67. The first-order valence-corrected chi connectivity index (χ1v) is 11.6. The Morgan fingerprint density at radius 1 is 1.14 bits per heavy atom. The highest BCUT2D eigenvalue weighted by atomic mass is 16.4. The van der Waals surface area contributed by atoms with Crippen LogP contribution in [0.25, 0.3) is 11.1 Å². The van der Waals surface area contributed by atoms with Gasteiger partial charge in [0, 0.05) is 48.0 Å². The Labute approximate surface area is 210 Å². The van der Waals surface area contributed by atoms with E-state index in [2.05, 4.69) is 26.0 Å². The third kappa shape index (κ3) is 5.10. The van der Waals surface area contributed by atoms with Crippen molar-refractivity contribution in [2.24, 2.45) is 12.0 Å². The van der Waals surface area contributed by atoms with Crippen molar-refractivity contribution in [1.82, 2.24) is 30.6 Å². The van der Waals surface area contributed by atoms with E-state index >= 15 is 0 Å². The van der Waals surface area contributed by atoms with Crippen LogP contribution in [0.4, 0.5) is 0 Å². The molecule has 0 bridgehead atoms. The van der Waals surface area contributed by atoms with Gasteiger partial charge in [0.2, 0.25) is 0 Å². The van der Waals surface area contributed by atoms with Gasteiger partial charge < -0.3 is 15.1 Å². The molecule has 1 aromatic carbocycles. The van der Waals surface area contributed by atoms with E-state index in [1.807, 2.05) is 19.9 Å². The van der Waals surface area contributed by atoms with Gasteiger partial charge in [-0.1, -0.05) is 26.0 Å². The molecule has 0 aliphatic carbocycles. The maximum atomic E-state index is 12.9. The Morgan fingerprint density at radius 2 is 1.92 bits per heavy atom. The molecule has 2 amide bonds. The molecule has 0 radical (unpaired) electrons. The lowest BCUT2D eigenvalue weighted by molar-refractivity contribution is -0.119. The zero-order chi connectivity index (χ0) is 25.7. The van der Waals surface area contributed by atoms with E-state index in [4.69, 9.17) is 4.42 Å². The van der Waals surface area contributed by atoms with Crippen LogP contribution in [0.5, 0.6) is 0 Å². The molecule has 2 aromatic heterocycles. The maximum Gasteiger partial charge on any atom is 0.419 e. The number of hydrogen-bond acceptors (Lipinski definition) is 8. The number of aliphatic imine (C=N–C) groups is 1. The number of hydrogen-bond donors (Lipinski definition) is 3. The Hall–Kier alpha value is -4.51. The highest BCUT2D eigenvalue weighted by Gasteiger charge is 2.30. The number of nitrogens with one attached hydrogen (secondary N) is 3. The molecule has 0 atom stereocenters. The topological polar surface area (TPSA) is 134 Å². The fourth-order valence-electron chi connectivity index (χ4n) is 3.67. The maximum absolute atomic E-state index is 12.9. The monoisotopic (exact) mass is 493 g/mol. The summed E-state index contributed by atoms with van der Waals surface area (Å²) >= 11 is 0. The number of aromatic nitrogens is 2. The van der Waals surface area contributed by atoms with Crippen molar-refractivity contribution >= 4 is 28.6 Å². The predicted molar refractivity (Wildman–Crippen MR) is 138 cm³/mol. The lowest BCUT2D eigenvalue weighted by Crippen LogP contribution is -2.42. The summed E-state index contributed by atoms with van der Waals surface area (Å²) in [6, 6.07) is 8.90. The fraction of sp³-hybridized carbons (Fsp3) is 0.240. The second kappa shape index (κ2) is 10.8. The van der Waals surface area contributed by atoms with E-state index in [1.54, 1.807) is 54.8 Å². The largest absolute Gasteiger partial charge is 0.419 e. The van der Waals surface area contributed by atoms with Gasteiger partial charge in [-0.15, -0.1) is 0 Å². The second-order valence-electron chi connectivity index (χ2n) is 7.74. The Balaban J connectivity index is 0.00000124. The smallest absolute Gasteiger partial charge is 0.408 e. The van der Waals surface area contributed by atoms with Gasteiger partial charge in [0.25, 0.3) is 11.8 Å². The van der Waals surface area contributed by atoms with Crippen molar-refractivity contribution in [1.29, 1.82) is 0 Å². The lowest BCUT2D eigenvalue weighted by atomic mass is 10.2. The van der Waals surface area contributed by atoms with Gasteiger partial charge in [0.15, 0.2) is 5.58 Å². The normalized spacial score (nSPS) is 14.2. The molecule has 3 N–H and O–H groups in total. The van der Waals surface area contributed by atoms with Crippen LogP contribution in [-0.2, 0) is 29.7 Å². The summed E-state index contributed by atoms with van der Waals surface area (Å²) in [5.74, 6) is -0.744. The van der Waals surface area contributed by atoms with Crippen LogP contribution in [0.1, 0.15) is 27.8 Å². The summed E-state index contributed by atoms with van der Waals surface area (Å²) in [6.07, 6.45) is 6.58. The SMILES string of the molecule is CC.Cn1c(=O)oc2ccc(CNC(=O)C3=NC4=CCNN4C(C(=O)NCc4cccnc4)=C3)cc21.[HH].[HH]. The van der Waals surface area contributed by atoms with E-state index < -0.39 is 11.7 Å². The van der Waals surface area contributed by atoms with Crippen LogP contribution in [0.15, 0.2) is 80.6 Å². The number of benzene rings is 1. The van der Waals surface area contributed by atoms with Gasteiger partial charge in [0.1, 0.15) is 17.2 Å². The summed E-state index contributed by atoms with van der Waals surface area (Å²) in [5.41, 5.74) is 6.20. The number of fused-ring (bicyclic) bond motifs is 2. The average molecular weight is 494 g/mol. The van der Waals surface area contributed by atoms with Crippen molar-refractivity contribution in [3.63, 3.8) is 0 Å². The number of rotatable bonds is 6. The van der Waals surface area contributed by atoms with Crippen LogP contribution in [0, 0.1) is 0 Å². The van der Waals surface area contributed by atoms with Crippen LogP contribution >= 0.6 is 0 Å². The van der Waals surface area contributed by atoms with Crippen LogP contribution in [0.3, 0.4) is 0 Å². The zero-order valence-corrected chi connectivity index (χ0v) is 20.2. The Kier molecular flexibility index (Phi) is 7.40. The molecule has 4 heterocycles. The first-order chi connectivity index (χ1) is 17.5. The van der Waals surface area contributed by atoms with E-state index in [0.29, 0.717) is 30.0 Å². The van der Waals surface area contributed by atoms with Gasteiger partial charge in [-0.05, 0) is 35.4 Å². The average Bonchev–Trinajstić information content (AvgIpc) is 3.51. The molecule has 0 saturated carbocycles. The Bertz CT molecular complexity index is 1440. The molecule has 0 spiro atoms. The van der Waals surface area contributed by atoms with Crippen molar-refractivity contribution in [2.45, 2.75) is 26.9 Å². The van der Waals surface area contributed by atoms with E-state index in [-0.39, 0.29) is 26.7 Å². The molecule has 11 heteroatoms.